The van der Waals surface area contributed by atoms with Gasteiger partial charge in [-0.1, -0.05) is 12.1 Å². The van der Waals surface area contributed by atoms with Crippen molar-refractivity contribution in [3.8, 4) is 22.9 Å². The van der Waals surface area contributed by atoms with E-state index >= 15 is 0 Å². The minimum atomic E-state index is -0.397. The fourth-order valence-electron chi connectivity index (χ4n) is 2.30. The van der Waals surface area contributed by atoms with Crippen molar-refractivity contribution < 1.29 is 18.7 Å². The van der Waals surface area contributed by atoms with Crippen LogP contribution in [0.5, 0.6) is 11.5 Å². The summed E-state index contributed by atoms with van der Waals surface area (Å²) in [4.78, 5) is 13.7. The molecule has 0 radical (unpaired) electrons. The number of hydrogen-bond acceptors (Lipinski definition) is 6. The van der Waals surface area contributed by atoms with Crippen molar-refractivity contribution in [2.24, 2.45) is 0 Å². The summed E-state index contributed by atoms with van der Waals surface area (Å²) in [5.41, 5.74) is 0.837. The number of benzene rings is 2. The highest BCUT2D eigenvalue weighted by Gasteiger charge is 2.16. The summed E-state index contributed by atoms with van der Waals surface area (Å²) in [7, 11) is 2.99. The van der Waals surface area contributed by atoms with E-state index < -0.39 is 5.82 Å². The molecule has 0 saturated carbocycles. The second-order valence-corrected chi connectivity index (χ2v) is 5.14. The van der Waals surface area contributed by atoms with E-state index in [-0.39, 0.29) is 18.2 Å². The monoisotopic (exact) mass is 342 g/mol. The zero-order chi connectivity index (χ0) is 17.8. The average Bonchev–Trinajstić information content (AvgIpc) is 3.09. The average molecular weight is 342 g/mol. The number of Topliss-reactive ketones (excluding diaryl/α,β-unsaturated/α-hetero) is 1. The molecule has 0 fully saturated rings. The lowest BCUT2D eigenvalue weighted by molar-refractivity contribution is 0.0958. The number of rotatable bonds is 6. The van der Waals surface area contributed by atoms with Gasteiger partial charge in [-0.25, -0.2) is 4.39 Å². The largest absolute Gasteiger partial charge is 0.497 e. The Morgan fingerprint density at radius 3 is 2.72 bits per heavy atom. The lowest BCUT2D eigenvalue weighted by Crippen LogP contribution is -2.14. The topological polar surface area (TPSA) is 79.1 Å². The van der Waals surface area contributed by atoms with Crippen LogP contribution in [0.15, 0.2) is 42.5 Å². The van der Waals surface area contributed by atoms with Crippen molar-refractivity contribution >= 4 is 5.78 Å². The first kappa shape index (κ1) is 16.6. The van der Waals surface area contributed by atoms with E-state index in [2.05, 4.69) is 15.4 Å². The van der Waals surface area contributed by atoms with E-state index in [1.54, 1.807) is 30.3 Å². The van der Waals surface area contributed by atoms with E-state index in [4.69, 9.17) is 9.47 Å². The van der Waals surface area contributed by atoms with Crippen LogP contribution < -0.4 is 9.47 Å². The number of ether oxygens (including phenoxy) is 2. The molecule has 0 spiro atoms. The number of methoxy groups -OCH3 is 2. The molecule has 0 bridgehead atoms. The third-order valence-electron chi connectivity index (χ3n) is 3.53. The number of tetrazole rings is 1. The van der Waals surface area contributed by atoms with E-state index in [1.807, 2.05) is 0 Å². The first-order valence-electron chi connectivity index (χ1n) is 7.39. The van der Waals surface area contributed by atoms with Crippen LogP contribution in [-0.2, 0) is 6.54 Å². The summed E-state index contributed by atoms with van der Waals surface area (Å²) in [6, 6.07) is 10.8. The van der Waals surface area contributed by atoms with Gasteiger partial charge in [0.25, 0.3) is 0 Å². The maximum absolute atomic E-state index is 13.3. The first-order valence-corrected chi connectivity index (χ1v) is 7.39. The van der Waals surface area contributed by atoms with Gasteiger partial charge in [-0.15, -0.1) is 10.2 Å². The van der Waals surface area contributed by atoms with Gasteiger partial charge in [-0.05, 0) is 35.5 Å². The molecule has 0 aliphatic rings. The third kappa shape index (κ3) is 3.63. The first-order chi connectivity index (χ1) is 12.1. The predicted octanol–water partition coefficient (Wildman–Crippen LogP) is 2.38. The molecular formula is C17H15FN4O3. The molecule has 0 unspecified atom stereocenters. The lowest BCUT2D eigenvalue weighted by Gasteiger charge is -2.09. The number of carbonyl (C=O) groups is 1. The Bertz CT molecular complexity index is 910. The van der Waals surface area contributed by atoms with Gasteiger partial charge >= 0.3 is 0 Å². The van der Waals surface area contributed by atoms with Gasteiger partial charge in [0, 0.05) is 5.56 Å². The highest BCUT2D eigenvalue weighted by atomic mass is 19.1. The van der Waals surface area contributed by atoms with Gasteiger partial charge in [0.2, 0.25) is 5.82 Å². The minimum absolute atomic E-state index is 0.133. The molecule has 0 amide bonds. The van der Waals surface area contributed by atoms with Crippen LogP contribution in [0.3, 0.4) is 0 Å². The number of ketones is 1. The molecule has 25 heavy (non-hydrogen) atoms. The summed E-state index contributed by atoms with van der Waals surface area (Å²) in [6.45, 7) is -0.133. The number of halogens is 1. The molecule has 128 valence electrons. The standard InChI is InChI=1S/C17H15FN4O3/c1-24-13-6-7-16(25-2)14(9-13)15(23)10-22-20-17(19-21-22)11-4-3-5-12(18)8-11/h3-9H,10H2,1-2H3. The molecular weight excluding hydrogens is 327 g/mol. The summed E-state index contributed by atoms with van der Waals surface area (Å²) in [5, 5.41) is 11.8. The van der Waals surface area contributed by atoms with E-state index in [1.165, 1.54) is 26.4 Å². The summed E-state index contributed by atoms with van der Waals surface area (Å²) in [5.74, 6) is 0.544. The Balaban J connectivity index is 1.82. The number of hydrogen-bond donors (Lipinski definition) is 0. The Morgan fingerprint density at radius 2 is 2.00 bits per heavy atom. The smallest absolute Gasteiger partial charge is 0.205 e. The maximum atomic E-state index is 13.3. The quantitative estimate of drug-likeness (QED) is 0.640. The van der Waals surface area contributed by atoms with Crippen molar-refractivity contribution in [1.29, 1.82) is 0 Å². The number of carbonyl (C=O) groups excluding carboxylic acids is 1. The van der Waals surface area contributed by atoms with Gasteiger partial charge in [0.05, 0.1) is 19.8 Å². The highest BCUT2D eigenvalue weighted by Crippen LogP contribution is 2.24. The third-order valence-corrected chi connectivity index (χ3v) is 3.53. The minimum Gasteiger partial charge on any atom is -0.497 e. The summed E-state index contributed by atoms with van der Waals surface area (Å²) in [6.07, 6.45) is 0. The molecule has 8 heteroatoms. The molecule has 2 aromatic carbocycles. The molecule has 0 aliphatic carbocycles. The maximum Gasteiger partial charge on any atom is 0.205 e. The van der Waals surface area contributed by atoms with Crippen LogP contribution in [0.1, 0.15) is 10.4 Å². The molecule has 3 aromatic rings. The predicted molar refractivity (Wildman–Crippen MR) is 87.1 cm³/mol. The fourth-order valence-corrected chi connectivity index (χ4v) is 2.30. The second-order valence-electron chi connectivity index (χ2n) is 5.14. The van der Waals surface area contributed by atoms with Gasteiger partial charge < -0.3 is 9.47 Å². The van der Waals surface area contributed by atoms with Gasteiger partial charge in [0.1, 0.15) is 23.9 Å². The Morgan fingerprint density at radius 1 is 1.16 bits per heavy atom. The molecule has 0 saturated heterocycles. The van der Waals surface area contributed by atoms with Crippen LogP contribution >= 0.6 is 0 Å². The zero-order valence-corrected chi connectivity index (χ0v) is 13.6. The van der Waals surface area contributed by atoms with E-state index in [0.29, 0.717) is 22.6 Å². The van der Waals surface area contributed by atoms with Gasteiger partial charge in [0.15, 0.2) is 5.78 Å². The lowest BCUT2D eigenvalue weighted by atomic mass is 10.1. The van der Waals surface area contributed by atoms with Crippen molar-refractivity contribution in [2.75, 3.05) is 14.2 Å². The number of aromatic nitrogens is 4. The normalized spacial score (nSPS) is 10.5. The summed E-state index contributed by atoms with van der Waals surface area (Å²) >= 11 is 0. The SMILES string of the molecule is COc1ccc(OC)c(C(=O)Cn2nnc(-c3cccc(F)c3)n2)c1. The van der Waals surface area contributed by atoms with Crippen LogP contribution in [0.25, 0.3) is 11.4 Å². The van der Waals surface area contributed by atoms with Crippen molar-refractivity contribution in [3.63, 3.8) is 0 Å². The zero-order valence-electron chi connectivity index (χ0n) is 13.6. The molecule has 0 atom stereocenters. The molecule has 1 aromatic heterocycles. The molecule has 3 rings (SSSR count). The van der Waals surface area contributed by atoms with Crippen LogP contribution in [0.2, 0.25) is 0 Å². The van der Waals surface area contributed by atoms with Crippen LogP contribution in [0.4, 0.5) is 4.39 Å². The van der Waals surface area contributed by atoms with E-state index in [9.17, 15) is 9.18 Å². The highest BCUT2D eigenvalue weighted by molar-refractivity contribution is 5.98. The Labute approximate surface area is 143 Å². The van der Waals surface area contributed by atoms with Gasteiger partial charge in [-0.2, -0.15) is 4.80 Å². The fraction of sp³-hybridized carbons (Fsp3) is 0.176. The second kappa shape index (κ2) is 7.08. The Kier molecular flexibility index (Phi) is 4.69. The number of nitrogens with zero attached hydrogens (tertiary/aromatic N) is 4. The van der Waals surface area contributed by atoms with Gasteiger partial charge in [-0.3, -0.25) is 4.79 Å². The Hall–Kier alpha value is -3.29. The molecule has 7 nitrogen and oxygen atoms in total. The van der Waals surface area contributed by atoms with Crippen molar-refractivity contribution in [2.45, 2.75) is 6.54 Å². The molecule has 0 aliphatic heterocycles. The van der Waals surface area contributed by atoms with Crippen LogP contribution in [0, 0.1) is 5.82 Å². The summed E-state index contributed by atoms with van der Waals surface area (Å²) < 4.78 is 23.6. The molecule has 0 N–H and O–H groups in total. The van der Waals surface area contributed by atoms with E-state index in [0.717, 1.165) is 4.80 Å². The van der Waals surface area contributed by atoms with Crippen LogP contribution in [-0.4, -0.2) is 40.2 Å². The van der Waals surface area contributed by atoms with Crippen molar-refractivity contribution in [1.82, 2.24) is 20.2 Å². The van der Waals surface area contributed by atoms with Crippen molar-refractivity contribution in [3.05, 3.63) is 53.8 Å². The molecule has 1 heterocycles.